The number of nitrogens with zero attached hydrogens (tertiary/aromatic N) is 2. The first-order chi connectivity index (χ1) is 11.2. The average molecular weight is 329 g/mol. The fourth-order valence-corrected chi connectivity index (χ4v) is 3.25. The maximum atomic E-state index is 12.3. The van der Waals surface area contributed by atoms with Crippen molar-refractivity contribution in [3.8, 4) is 5.75 Å². The van der Waals surface area contributed by atoms with Gasteiger partial charge in [-0.15, -0.1) is 11.3 Å². The highest BCUT2D eigenvalue weighted by molar-refractivity contribution is 7.15. The van der Waals surface area contributed by atoms with Crippen molar-refractivity contribution in [2.75, 3.05) is 7.11 Å². The second-order valence-corrected chi connectivity index (χ2v) is 6.18. The zero-order chi connectivity index (χ0) is 16.2. The third kappa shape index (κ3) is 3.53. The van der Waals surface area contributed by atoms with E-state index in [1.165, 1.54) is 0 Å². The van der Waals surface area contributed by atoms with Crippen LogP contribution in [-0.4, -0.2) is 22.4 Å². The summed E-state index contributed by atoms with van der Waals surface area (Å²) in [5, 5.41) is 5.06. The molecule has 0 aliphatic rings. The Balaban J connectivity index is 1.65. The van der Waals surface area contributed by atoms with Gasteiger partial charge in [-0.2, -0.15) is 0 Å². The topological polar surface area (TPSA) is 55.6 Å². The van der Waals surface area contributed by atoms with Gasteiger partial charge in [-0.3, -0.25) is 9.20 Å². The maximum Gasteiger partial charge on any atom is 0.226 e. The first kappa shape index (κ1) is 15.6. The van der Waals surface area contributed by atoms with Crippen molar-refractivity contribution in [3.63, 3.8) is 0 Å². The van der Waals surface area contributed by atoms with Gasteiger partial charge in [0.1, 0.15) is 5.75 Å². The number of fused-ring (bicyclic) bond motifs is 1. The van der Waals surface area contributed by atoms with E-state index >= 15 is 0 Å². The van der Waals surface area contributed by atoms with Gasteiger partial charge in [-0.1, -0.05) is 19.1 Å². The van der Waals surface area contributed by atoms with Crippen molar-refractivity contribution in [2.45, 2.75) is 25.8 Å². The Morgan fingerprint density at radius 2 is 2.17 bits per heavy atom. The molecule has 1 N–H and O–H groups in total. The third-order valence-corrected chi connectivity index (χ3v) is 4.52. The molecule has 1 amide bonds. The normalized spacial score (nSPS) is 12.3. The summed E-state index contributed by atoms with van der Waals surface area (Å²) in [5.41, 5.74) is 1.87. The molecule has 3 rings (SSSR count). The number of hydrogen-bond donors (Lipinski definition) is 1. The lowest BCUT2D eigenvalue weighted by molar-refractivity contribution is -0.121. The molecule has 1 unspecified atom stereocenters. The molecule has 6 heteroatoms. The average Bonchev–Trinajstić information content (AvgIpc) is 3.14. The third-order valence-electron chi connectivity index (χ3n) is 3.75. The smallest absolute Gasteiger partial charge is 0.226 e. The molecule has 1 atom stereocenters. The number of benzene rings is 1. The first-order valence-electron chi connectivity index (χ1n) is 7.54. The van der Waals surface area contributed by atoms with E-state index in [9.17, 15) is 4.79 Å². The molecule has 0 bridgehead atoms. The predicted molar refractivity (Wildman–Crippen MR) is 90.9 cm³/mol. The summed E-state index contributed by atoms with van der Waals surface area (Å²) >= 11 is 1.56. The van der Waals surface area contributed by atoms with Gasteiger partial charge >= 0.3 is 0 Å². The number of thiazole rings is 1. The van der Waals surface area contributed by atoms with Gasteiger partial charge in [-0.05, 0) is 24.1 Å². The van der Waals surface area contributed by atoms with E-state index in [1.54, 1.807) is 18.4 Å². The van der Waals surface area contributed by atoms with Crippen LogP contribution in [0.3, 0.4) is 0 Å². The SMILES string of the molecule is CCC(NC(=O)Cc1cn2ccsc2n1)c1ccc(OC)cc1. The molecule has 0 radical (unpaired) electrons. The van der Waals surface area contributed by atoms with Gasteiger partial charge in [-0.25, -0.2) is 4.98 Å². The first-order valence-corrected chi connectivity index (χ1v) is 8.42. The van der Waals surface area contributed by atoms with E-state index in [-0.39, 0.29) is 11.9 Å². The van der Waals surface area contributed by atoms with E-state index in [0.717, 1.165) is 28.4 Å². The van der Waals surface area contributed by atoms with Gasteiger partial charge in [0.25, 0.3) is 0 Å². The molecule has 0 saturated carbocycles. The minimum Gasteiger partial charge on any atom is -0.497 e. The maximum absolute atomic E-state index is 12.3. The van der Waals surface area contributed by atoms with Crippen LogP contribution in [0.1, 0.15) is 30.6 Å². The summed E-state index contributed by atoms with van der Waals surface area (Å²) in [4.78, 5) is 17.7. The zero-order valence-electron chi connectivity index (χ0n) is 13.2. The molecule has 3 aromatic rings. The van der Waals surface area contributed by atoms with Gasteiger partial charge < -0.3 is 10.1 Å². The highest BCUT2D eigenvalue weighted by Crippen LogP contribution is 2.20. The van der Waals surface area contributed by atoms with Crippen LogP contribution in [0.25, 0.3) is 4.96 Å². The van der Waals surface area contributed by atoms with Crippen LogP contribution in [0.15, 0.2) is 42.0 Å². The Morgan fingerprint density at radius 1 is 1.39 bits per heavy atom. The lowest BCUT2D eigenvalue weighted by atomic mass is 10.0. The Hall–Kier alpha value is -2.34. The summed E-state index contributed by atoms with van der Waals surface area (Å²) in [6, 6.07) is 7.79. The molecule has 0 fully saturated rings. The minimum atomic E-state index is -0.0154. The quantitative estimate of drug-likeness (QED) is 0.755. The van der Waals surface area contributed by atoms with Crippen LogP contribution in [0, 0.1) is 0 Å². The second-order valence-electron chi connectivity index (χ2n) is 5.30. The second kappa shape index (κ2) is 6.83. The lowest BCUT2D eigenvalue weighted by Gasteiger charge is -2.17. The number of carbonyl (C=O) groups is 1. The molecule has 0 aliphatic carbocycles. The van der Waals surface area contributed by atoms with Crippen molar-refractivity contribution in [3.05, 3.63) is 53.3 Å². The molecule has 1 aromatic carbocycles. The number of methoxy groups -OCH3 is 1. The van der Waals surface area contributed by atoms with Crippen molar-refractivity contribution in [2.24, 2.45) is 0 Å². The largest absolute Gasteiger partial charge is 0.497 e. The molecule has 5 nitrogen and oxygen atoms in total. The number of rotatable bonds is 6. The van der Waals surface area contributed by atoms with Gasteiger partial charge in [0.2, 0.25) is 5.91 Å². The highest BCUT2D eigenvalue weighted by Gasteiger charge is 2.14. The molecule has 120 valence electrons. The van der Waals surface area contributed by atoms with Crippen molar-refractivity contribution in [1.82, 2.24) is 14.7 Å². The van der Waals surface area contributed by atoms with E-state index in [4.69, 9.17) is 4.74 Å². The van der Waals surface area contributed by atoms with Crippen molar-refractivity contribution >= 4 is 22.2 Å². The Kier molecular flexibility index (Phi) is 4.62. The van der Waals surface area contributed by atoms with E-state index in [0.29, 0.717) is 6.42 Å². The van der Waals surface area contributed by atoms with Crippen LogP contribution in [-0.2, 0) is 11.2 Å². The van der Waals surface area contributed by atoms with E-state index in [2.05, 4.69) is 17.2 Å². The number of ether oxygens (including phenoxy) is 1. The lowest BCUT2D eigenvalue weighted by Crippen LogP contribution is -2.29. The van der Waals surface area contributed by atoms with Crippen LogP contribution in [0.4, 0.5) is 0 Å². The van der Waals surface area contributed by atoms with Crippen LogP contribution in [0.2, 0.25) is 0 Å². The number of aromatic nitrogens is 2. The molecule has 2 aromatic heterocycles. The molecule has 23 heavy (non-hydrogen) atoms. The summed E-state index contributed by atoms with van der Waals surface area (Å²) < 4.78 is 7.11. The van der Waals surface area contributed by atoms with Crippen molar-refractivity contribution < 1.29 is 9.53 Å². The van der Waals surface area contributed by atoms with Gasteiger partial charge in [0, 0.05) is 17.8 Å². The zero-order valence-corrected chi connectivity index (χ0v) is 14.0. The Bertz CT molecular complexity index is 763. The summed E-state index contributed by atoms with van der Waals surface area (Å²) in [6.07, 6.45) is 4.97. The highest BCUT2D eigenvalue weighted by atomic mass is 32.1. The van der Waals surface area contributed by atoms with Crippen LogP contribution in [0.5, 0.6) is 5.75 Å². The van der Waals surface area contributed by atoms with E-state index < -0.39 is 0 Å². The van der Waals surface area contributed by atoms with Crippen LogP contribution >= 0.6 is 11.3 Å². The monoisotopic (exact) mass is 329 g/mol. The number of nitrogens with one attached hydrogen (secondary N) is 1. The molecular formula is C17H19N3O2S. The van der Waals surface area contributed by atoms with Crippen LogP contribution < -0.4 is 10.1 Å². The van der Waals surface area contributed by atoms with Gasteiger partial charge in [0.05, 0.1) is 25.3 Å². The Morgan fingerprint density at radius 3 is 2.83 bits per heavy atom. The number of imidazole rings is 1. The molecular weight excluding hydrogens is 310 g/mol. The minimum absolute atomic E-state index is 0.00265. The van der Waals surface area contributed by atoms with Gasteiger partial charge in [0.15, 0.2) is 4.96 Å². The molecule has 2 heterocycles. The summed E-state index contributed by atoms with van der Waals surface area (Å²) in [6.45, 7) is 2.06. The Labute approximate surface area is 138 Å². The van der Waals surface area contributed by atoms with Crippen molar-refractivity contribution in [1.29, 1.82) is 0 Å². The molecule has 0 aliphatic heterocycles. The fourth-order valence-electron chi connectivity index (χ4n) is 2.53. The number of hydrogen-bond acceptors (Lipinski definition) is 4. The standard InChI is InChI=1S/C17H19N3O2S/c1-3-15(12-4-6-14(22-2)7-5-12)19-16(21)10-13-11-20-8-9-23-17(20)18-13/h4-9,11,15H,3,10H2,1-2H3,(H,19,21). The summed E-state index contributed by atoms with van der Waals surface area (Å²) in [7, 11) is 1.64. The predicted octanol–water partition coefficient (Wildman–Crippen LogP) is 3.21. The summed E-state index contributed by atoms with van der Waals surface area (Å²) in [5.74, 6) is 0.798. The molecule has 0 saturated heterocycles. The fraction of sp³-hybridized carbons (Fsp3) is 0.294. The van der Waals surface area contributed by atoms with E-state index in [1.807, 2.05) is 46.4 Å². The number of amides is 1. The molecule has 0 spiro atoms. The number of carbonyl (C=O) groups excluding carboxylic acids is 1.